The molecule has 4 rings (SSSR count). The Bertz CT molecular complexity index is 1460. The lowest BCUT2D eigenvalue weighted by molar-refractivity contribution is -0.138. The molecular weight excluding hydrogens is 518 g/mol. The number of halogens is 1. The molecule has 1 heterocycles. The van der Waals surface area contributed by atoms with Gasteiger partial charge in [0.05, 0.1) is 46.2 Å². The molecule has 0 fully saturated rings. The van der Waals surface area contributed by atoms with Crippen LogP contribution in [0.4, 0.5) is 5.69 Å². The first-order chi connectivity index (χ1) is 18.4. The molecule has 0 bridgehead atoms. The van der Waals surface area contributed by atoms with E-state index >= 15 is 0 Å². The molecular formula is C30H26ClN3O3S. The van der Waals surface area contributed by atoms with Crippen LogP contribution in [0, 0.1) is 18.3 Å². The van der Waals surface area contributed by atoms with E-state index in [0.717, 1.165) is 16.8 Å². The molecule has 0 spiro atoms. The number of carbonyl (C=O) groups is 2. The highest BCUT2D eigenvalue weighted by molar-refractivity contribution is 8.03. The molecule has 0 saturated heterocycles. The molecule has 6 nitrogen and oxygen atoms in total. The number of thioether (sulfide) groups is 1. The average Bonchev–Trinajstić information content (AvgIpc) is 2.93. The van der Waals surface area contributed by atoms with Crippen LogP contribution in [0.25, 0.3) is 5.70 Å². The lowest BCUT2D eigenvalue weighted by Crippen LogP contribution is -2.30. The Morgan fingerprint density at radius 1 is 1.05 bits per heavy atom. The number of benzene rings is 3. The Morgan fingerprint density at radius 2 is 1.74 bits per heavy atom. The Labute approximate surface area is 231 Å². The van der Waals surface area contributed by atoms with Gasteiger partial charge in [-0.1, -0.05) is 90.1 Å². The minimum Gasteiger partial charge on any atom is -0.463 e. The highest BCUT2D eigenvalue weighted by atomic mass is 35.5. The molecule has 8 heteroatoms. The largest absolute Gasteiger partial charge is 0.463 e. The van der Waals surface area contributed by atoms with Gasteiger partial charge in [0.15, 0.2) is 0 Å². The number of allylic oxidation sites excluding steroid dienone is 1. The zero-order valence-electron chi connectivity index (χ0n) is 21.0. The van der Waals surface area contributed by atoms with E-state index in [1.165, 1.54) is 11.8 Å². The number of para-hydroxylation sites is 1. The number of ether oxygens (including phenoxy) is 1. The highest BCUT2D eigenvalue weighted by Crippen LogP contribution is 2.45. The van der Waals surface area contributed by atoms with E-state index in [4.69, 9.17) is 16.3 Å². The first-order valence-corrected chi connectivity index (χ1v) is 13.4. The third kappa shape index (κ3) is 5.94. The number of anilines is 1. The van der Waals surface area contributed by atoms with Crippen LogP contribution in [-0.2, 0) is 14.3 Å². The number of dihydropyridines is 1. The Kier molecular flexibility index (Phi) is 8.90. The summed E-state index contributed by atoms with van der Waals surface area (Å²) in [5.41, 5.74) is 4.11. The molecule has 3 aromatic carbocycles. The fraction of sp³-hybridized carbons (Fsp3) is 0.167. The summed E-state index contributed by atoms with van der Waals surface area (Å²) in [6.45, 7) is 3.83. The van der Waals surface area contributed by atoms with Crippen LogP contribution in [0.2, 0.25) is 5.02 Å². The van der Waals surface area contributed by atoms with Crippen LogP contribution in [0.5, 0.6) is 0 Å². The summed E-state index contributed by atoms with van der Waals surface area (Å²) in [6, 6.07) is 26.3. The number of amides is 1. The molecule has 192 valence electrons. The molecule has 1 aliphatic rings. The van der Waals surface area contributed by atoms with Gasteiger partial charge >= 0.3 is 5.97 Å². The van der Waals surface area contributed by atoms with E-state index in [2.05, 4.69) is 16.7 Å². The number of carbonyl (C=O) groups excluding carboxylic acids is 2. The van der Waals surface area contributed by atoms with Crippen molar-refractivity contribution in [2.75, 3.05) is 17.7 Å². The standard InChI is InChI=1S/C30H26ClN3O3S/c1-3-37-30(36)27-26(21-14-8-9-15-23(21)31)22(17-32)29(34-28(27)20-12-5-4-6-13-20)38-18-25(35)33-24-16-10-7-11-19(24)2/h4-16,26,34H,3,18H2,1-2H3,(H,33,35)/t26-/m1/s1. The van der Waals surface area contributed by atoms with E-state index in [-0.39, 0.29) is 29.4 Å². The fourth-order valence-electron chi connectivity index (χ4n) is 4.22. The molecule has 0 aliphatic carbocycles. The quantitative estimate of drug-likeness (QED) is 0.319. The highest BCUT2D eigenvalue weighted by Gasteiger charge is 2.38. The van der Waals surface area contributed by atoms with Crippen molar-refractivity contribution in [1.82, 2.24) is 5.32 Å². The van der Waals surface area contributed by atoms with E-state index < -0.39 is 11.9 Å². The summed E-state index contributed by atoms with van der Waals surface area (Å²) in [6.07, 6.45) is 0. The summed E-state index contributed by atoms with van der Waals surface area (Å²) in [5.74, 6) is -1.50. The van der Waals surface area contributed by atoms with Gasteiger partial charge in [-0.3, -0.25) is 4.79 Å². The van der Waals surface area contributed by atoms with Crippen molar-refractivity contribution in [1.29, 1.82) is 5.26 Å². The number of hydrogen-bond donors (Lipinski definition) is 2. The maximum Gasteiger partial charge on any atom is 0.337 e. The van der Waals surface area contributed by atoms with Crippen molar-refractivity contribution in [3.63, 3.8) is 0 Å². The second-order valence-corrected chi connectivity index (χ2v) is 9.85. The van der Waals surface area contributed by atoms with Gasteiger partial charge in [0.25, 0.3) is 0 Å². The van der Waals surface area contributed by atoms with Crippen molar-refractivity contribution >= 4 is 46.6 Å². The summed E-state index contributed by atoms with van der Waals surface area (Å²) in [4.78, 5) is 26.2. The summed E-state index contributed by atoms with van der Waals surface area (Å²) < 4.78 is 5.45. The van der Waals surface area contributed by atoms with Crippen molar-refractivity contribution in [2.24, 2.45) is 0 Å². The average molecular weight is 544 g/mol. The lowest BCUT2D eigenvalue weighted by atomic mass is 9.81. The molecule has 3 aromatic rings. The number of hydrogen-bond acceptors (Lipinski definition) is 6. The van der Waals surface area contributed by atoms with Crippen molar-refractivity contribution in [2.45, 2.75) is 19.8 Å². The number of rotatable bonds is 8. The van der Waals surface area contributed by atoms with Gasteiger partial charge in [-0.15, -0.1) is 0 Å². The van der Waals surface area contributed by atoms with Gasteiger partial charge in [0, 0.05) is 10.7 Å². The van der Waals surface area contributed by atoms with E-state index in [0.29, 0.717) is 21.3 Å². The van der Waals surface area contributed by atoms with Gasteiger partial charge in [0.1, 0.15) is 0 Å². The fourth-order valence-corrected chi connectivity index (χ4v) is 5.30. The molecule has 0 radical (unpaired) electrons. The number of aryl methyl sites for hydroxylation is 1. The molecule has 1 aliphatic heterocycles. The molecule has 1 atom stereocenters. The molecule has 2 N–H and O–H groups in total. The van der Waals surface area contributed by atoms with Gasteiger partial charge in [-0.25, -0.2) is 4.79 Å². The normalized spacial score (nSPS) is 14.9. The first kappa shape index (κ1) is 27.1. The second-order valence-electron chi connectivity index (χ2n) is 8.46. The molecule has 0 unspecified atom stereocenters. The first-order valence-electron chi connectivity index (χ1n) is 12.0. The maximum absolute atomic E-state index is 13.4. The van der Waals surface area contributed by atoms with Crippen LogP contribution in [0.3, 0.4) is 0 Å². The number of nitrogens with one attached hydrogen (secondary N) is 2. The Morgan fingerprint density at radius 3 is 2.42 bits per heavy atom. The van der Waals surface area contributed by atoms with E-state index in [9.17, 15) is 14.9 Å². The SMILES string of the molecule is CCOC(=O)C1=C(c2ccccc2)NC(SCC(=O)Nc2ccccc2C)=C(C#N)[C@H]1c1ccccc1Cl. The van der Waals surface area contributed by atoms with Crippen LogP contribution in [0.1, 0.15) is 29.5 Å². The molecule has 38 heavy (non-hydrogen) atoms. The van der Waals surface area contributed by atoms with Crippen LogP contribution < -0.4 is 10.6 Å². The zero-order chi connectivity index (χ0) is 27.1. The topological polar surface area (TPSA) is 91.2 Å². The summed E-state index contributed by atoms with van der Waals surface area (Å²) >= 11 is 7.80. The molecule has 0 aromatic heterocycles. The van der Waals surface area contributed by atoms with E-state index in [1.807, 2.05) is 67.6 Å². The number of nitriles is 1. The monoisotopic (exact) mass is 543 g/mol. The third-order valence-electron chi connectivity index (χ3n) is 5.99. The Hall–Kier alpha value is -3.99. The van der Waals surface area contributed by atoms with Gasteiger partial charge in [0.2, 0.25) is 5.91 Å². The third-order valence-corrected chi connectivity index (χ3v) is 7.35. The van der Waals surface area contributed by atoms with Gasteiger partial charge in [-0.05, 0) is 42.7 Å². The molecule has 0 saturated carbocycles. The van der Waals surface area contributed by atoms with E-state index in [1.54, 1.807) is 25.1 Å². The predicted octanol–water partition coefficient (Wildman–Crippen LogP) is 6.42. The predicted molar refractivity (Wildman–Crippen MR) is 152 cm³/mol. The van der Waals surface area contributed by atoms with Crippen molar-refractivity contribution < 1.29 is 14.3 Å². The minimum absolute atomic E-state index is 0.0495. The maximum atomic E-state index is 13.4. The van der Waals surface area contributed by atoms with Gasteiger partial charge in [-0.2, -0.15) is 5.26 Å². The Balaban J connectivity index is 1.78. The number of esters is 1. The summed E-state index contributed by atoms with van der Waals surface area (Å²) in [7, 11) is 0. The molecule has 1 amide bonds. The van der Waals surface area contributed by atoms with Crippen LogP contribution >= 0.6 is 23.4 Å². The van der Waals surface area contributed by atoms with Crippen molar-refractivity contribution in [3.05, 3.63) is 117 Å². The smallest absolute Gasteiger partial charge is 0.337 e. The van der Waals surface area contributed by atoms with Gasteiger partial charge < -0.3 is 15.4 Å². The zero-order valence-corrected chi connectivity index (χ0v) is 22.5. The second kappa shape index (κ2) is 12.5. The van der Waals surface area contributed by atoms with Crippen LogP contribution in [0.15, 0.2) is 95.0 Å². The van der Waals surface area contributed by atoms with Crippen molar-refractivity contribution in [3.8, 4) is 6.07 Å². The minimum atomic E-state index is -0.786. The number of nitrogens with zero attached hydrogens (tertiary/aromatic N) is 1. The van der Waals surface area contributed by atoms with Crippen LogP contribution in [-0.4, -0.2) is 24.2 Å². The summed E-state index contributed by atoms with van der Waals surface area (Å²) in [5, 5.41) is 17.4. The lowest BCUT2D eigenvalue weighted by Gasteiger charge is -2.31.